The van der Waals surface area contributed by atoms with Crippen LogP contribution in [0.15, 0.2) is 61.1 Å². The molecule has 1 amide bonds. The Hall–Kier alpha value is -2.86. The summed E-state index contributed by atoms with van der Waals surface area (Å²) in [5.41, 5.74) is 0.876. The number of carbonyl (C=O) groups excluding carboxylic acids is 1. The number of halogens is 1. The van der Waals surface area contributed by atoms with E-state index in [-0.39, 0.29) is 5.91 Å². The van der Waals surface area contributed by atoms with Crippen molar-refractivity contribution in [3.8, 4) is 17.0 Å². The third-order valence-electron chi connectivity index (χ3n) is 3.98. The van der Waals surface area contributed by atoms with E-state index in [0.29, 0.717) is 23.9 Å². The van der Waals surface area contributed by atoms with Crippen molar-refractivity contribution in [2.24, 2.45) is 0 Å². The minimum absolute atomic E-state index is 0.195. The zero-order valence-corrected chi connectivity index (χ0v) is 16.0. The van der Waals surface area contributed by atoms with Crippen molar-refractivity contribution in [1.82, 2.24) is 20.1 Å². The van der Waals surface area contributed by atoms with Crippen LogP contribution in [-0.4, -0.2) is 32.8 Å². The van der Waals surface area contributed by atoms with E-state index < -0.39 is 5.60 Å². The summed E-state index contributed by atoms with van der Waals surface area (Å²) < 4.78 is 7.58. The number of ether oxygens (including phenoxy) is 1. The second-order valence-electron chi connectivity index (χ2n) is 6.52. The maximum Gasteiger partial charge on any atom is 0.263 e. The third kappa shape index (κ3) is 5.08. The first-order chi connectivity index (χ1) is 12.9. The molecule has 0 aliphatic rings. The second-order valence-corrected chi connectivity index (χ2v) is 6.96. The molecule has 0 radical (unpaired) electrons. The fraction of sp³-hybridized carbons (Fsp3) is 0.250. The van der Waals surface area contributed by atoms with Crippen molar-refractivity contribution in [3.05, 3.63) is 66.1 Å². The van der Waals surface area contributed by atoms with E-state index in [9.17, 15) is 4.79 Å². The number of hydrogen-bond acceptors (Lipinski definition) is 4. The van der Waals surface area contributed by atoms with E-state index in [4.69, 9.17) is 16.3 Å². The Morgan fingerprint density at radius 1 is 1.15 bits per heavy atom. The zero-order valence-electron chi connectivity index (χ0n) is 15.2. The number of nitrogens with zero attached hydrogens (tertiary/aromatic N) is 3. The number of pyridine rings is 1. The van der Waals surface area contributed by atoms with Crippen LogP contribution < -0.4 is 10.1 Å². The Kier molecular flexibility index (Phi) is 5.76. The van der Waals surface area contributed by atoms with Crippen LogP contribution in [0.3, 0.4) is 0 Å². The van der Waals surface area contributed by atoms with Gasteiger partial charge in [-0.1, -0.05) is 11.6 Å². The molecular formula is C20H21ClN4O2. The van der Waals surface area contributed by atoms with E-state index >= 15 is 0 Å². The minimum Gasteiger partial charge on any atom is -0.478 e. The quantitative estimate of drug-likeness (QED) is 0.676. The van der Waals surface area contributed by atoms with Gasteiger partial charge in [-0.2, -0.15) is 5.10 Å². The lowest BCUT2D eigenvalue weighted by molar-refractivity contribution is -0.134. The summed E-state index contributed by atoms with van der Waals surface area (Å²) >= 11 is 5.87. The van der Waals surface area contributed by atoms with Crippen molar-refractivity contribution in [3.63, 3.8) is 0 Å². The summed E-state index contributed by atoms with van der Waals surface area (Å²) in [6.45, 7) is 4.47. The molecule has 0 fully saturated rings. The van der Waals surface area contributed by atoms with Crippen LogP contribution in [0.25, 0.3) is 11.3 Å². The van der Waals surface area contributed by atoms with Crippen LogP contribution in [0.2, 0.25) is 5.02 Å². The standard InChI is InChI=1S/C20H21ClN4O2/c1-20(2,27-17-5-3-16(21)4-6-17)19(26)23-12-14-25-13-9-18(24-25)15-7-10-22-11-8-15/h3-11,13H,12,14H2,1-2H3,(H,23,26). The summed E-state index contributed by atoms with van der Waals surface area (Å²) in [4.78, 5) is 16.5. The summed E-state index contributed by atoms with van der Waals surface area (Å²) in [6.07, 6.45) is 5.35. The van der Waals surface area contributed by atoms with Crippen LogP contribution in [-0.2, 0) is 11.3 Å². The molecule has 0 bridgehead atoms. The first-order valence-corrected chi connectivity index (χ1v) is 8.98. The van der Waals surface area contributed by atoms with Crippen LogP contribution in [0.5, 0.6) is 5.75 Å². The van der Waals surface area contributed by atoms with Gasteiger partial charge in [-0.15, -0.1) is 0 Å². The summed E-state index contributed by atoms with van der Waals surface area (Å²) in [5, 5.41) is 8.02. The van der Waals surface area contributed by atoms with Crippen molar-refractivity contribution < 1.29 is 9.53 Å². The normalized spacial score (nSPS) is 11.2. The predicted octanol–water partition coefficient (Wildman–Crippen LogP) is 3.57. The highest BCUT2D eigenvalue weighted by Gasteiger charge is 2.29. The fourth-order valence-electron chi connectivity index (χ4n) is 2.50. The lowest BCUT2D eigenvalue weighted by Crippen LogP contribution is -2.47. The van der Waals surface area contributed by atoms with Gasteiger partial charge in [0.2, 0.25) is 0 Å². The number of aromatic nitrogens is 3. The maximum atomic E-state index is 12.5. The van der Waals surface area contributed by atoms with Gasteiger partial charge in [-0.25, -0.2) is 0 Å². The monoisotopic (exact) mass is 384 g/mol. The Bertz CT molecular complexity index is 892. The van der Waals surface area contributed by atoms with Crippen LogP contribution in [0.4, 0.5) is 0 Å². The number of amides is 1. The van der Waals surface area contributed by atoms with Crippen molar-refractivity contribution in [1.29, 1.82) is 0 Å². The number of benzene rings is 1. The molecule has 1 aromatic carbocycles. The largest absolute Gasteiger partial charge is 0.478 e. The highest BCUT2D eigenvalue weighted by atomic mass is 35.5. The van der Waals surface area contributed by atoms with Gasteiger partial charge in [0, 0.05) is 35.7 Å². The molecule has 3 aromatic rings. The molecule has 0 aliphatic heterocycles. The van der Waals surface area contributed by atoms with Gasteiger partial charge < -0.3 is 10.1 Å². The SMILES string of the molecule is CC(C)(Oc1ccc(Cl)cc1)C(=O)NCCn1ccc(-c2ccncc2)n1. The second kappa shape index (κ2) is 8.22. The summed E-state index contributed by atoms with van der Waals surface area (Å²) in [6, 6.07) is 12.7. The van der Waals surface area contributed by atoms with Gasteiger partial charge in [-0.05, 0) is 56.3 Å². The highest BCUT2D eigenvalue weighted by molar-refractivity contribution is 6.30. The smallest absolute Gasteiger partial charge is 0.263 e. The molecule has 0 atom stereocenters. The van der Waals surface area contributed by atoms with E-state index in [1.54, 1.807) is 55.2 Å². The molecule has 0 unspecified atom stereocenters. The number of carbonyl (C=O) groups is 1. The van der Waals surface area contributed by atoms with Gasteiger partial charge in [-0.3, -0.25) is 14.5 Å². The molecule has 27 heavy (non-hydrogen) atoms. The molecule has 3 rings (SSSR count). The Morgan fingerprint density at radius 3 is 2.56 bits per heavy atom. The number of nitrogens with one attached hydrogen (secondary N) is 1. The summed E-state index contributed by atoms with van der Waals surface area (Å²) in [7, 11) is 0. The van der Waals surface area contributed by atoms with Crippen molar-refractivity contribution >= 4 is 17.5 Å². The van der Waals surface area contributed by atoms with Crippen LogP contribution >= 0.6 is 11.6 Å². The van der Waals surface area contributed by atoms with Gasteiger partial charge >= 0.3 is 0 Å². The van der Waals surface area contributed by atoms with E-state index in [0.717, 1.165) is 11.3 Å². The molecule has 7 heteroatoms. The molecule has 1 N–H and O–H groups in total. The van der Waals surface area contributed by atoms with Gasteiger partial charge in [0.25, 0.3) is 5.91 Å². The molecule has 0 saturated carbocycles. The lowest BCUT2D eigenvalue weighted by Gasteiger charge is -2.25. The Labute approximate surface area is 163 Å². The molecule has 6 nitrogen and oxygen atoms in total. The molecule has 0 aliphatic carbocycles. The van der Waals surface area contributed by atoms with Crippen molar-refractivity contribution in [2.45, 2.75) is 26.0 Å². The average molecular weight is 385 g/mol. The minimum atomic E-state index is -1.000. The molecule has 2 aromatic heterocycles. The topological polar surface area (TPSA) is 69.0 Å². The molecule has 2 heterocycles. The lowest BCUT2D eigenvalue weighted by atomic mass is 10.1. The first kappa shape index (κ1) is 18.9. The van der Waals surface area contributed by atoms with E-state index in [1.807, 2.05) is 24.4 Å². The predicted molar refractivity (Wildman–Crippen MR) is 105 cm³/mol. The van der Waals surface area contributed by atoms with Gasteiger partial charge in [0.1, 0.15) is 5.75 Å². The van der Waals surface area contributed by atoms with E-state index in [1.165, 1.54) is 0 Å². The Morgan fingerprint density at radius 2 is 1.85 bits per heavy atom. The third-order valence-corrected chi connectivity index (χ3v) is 4.23. The van der Waals surface area contributed by atoms with E-state index in [2.05, 4.69) is 15.4 Å². The first-order valence-electron chi connectivity index (χ1n) is 8.61. The van der Waals surface area contributed by atoms with Crippen LogP contribution in [0, 0.1) is 0 Å². The molecule has 0 spiro atoms. The number of rotatable bonds is 7. The van der Waals surface area contributed by atoms with Crippen molar-refractivity contribution in [2.75, 3.05) is 6.54 Å². The van der Waals surface area contributed by atoms with Crippen LogP contribution in [0.1, 0.15) is 13.8 Å². The Balaban J connectivity index is 1.51. The summed E-state index contributed by atoms with van der Waals surface area (Å²) in [5.74, 6) is 0.396. The molecule has 0 saturated heterocycles. The van der Waals surface area contributed by atoms with Gasteiger partial charge in [0.05, 0.1) is 12.2 Å². The fourth-order valence-corrected chi connectivity index (χ4v) is 2.63. The highest BCUT2D eigenvalue weighted by Crippen LogP contribution is 2.21. The average Bonchev–Trinajstić information content (AvgIpc) is 3.13. The maximum absolute atomic E-state index is 12.5. The number of hydrogen-bond donors (Lipinski definition) is 1. The molecule has 140 valence electrons. The molecular weight excluding hydrogens is 364 g/mol. The zero-order chi connectivity index (χ0) is 19.3. The van der Waals surface area contributed by atoms with Gasteiger partial charge in [0.15, 0.2) is 5.60 Å².